The summed E-state index contributed by atoms with van der Waals surface area (Å²) < 4.78 is 6.43. The van der Waals surface area contributed by atoms with E-state index in [9.17, 15) is 4.79 Å². The standard InChI is InChI=1S/C25H38BrClN2O2/c1-3-24(31-2)25(30)28-22-7-4-18(5-8-22)10-13-29-14-11-19(12-15-29)16-20-17-21(27)6-9-23(20)26/h6,9,17-19,22,24H,3-5,7-8,10-16H2,1-2H3,(H,28,30). The molecule has 6 heteroatoms. The van der Waals surface area contributed by atoms with Crippen molar-refractivity contribution in [3.63, 3.8) is 0 Å². The molecule has 1 unspecified atom stereocenters. The van der Waals surface area contributed by atoms with Crippen molar-refractivity contribution in [2.45, 2.75) is 76.9 Å². The molecule has 1 aromatic carbocycles. The summed E-state index contributed by atoms with van der Waals surface area (Å²) in [5.74, 6) is 1.61. The molecule has 0 radical (unpaired) electrons. The number of hydrogen-bond acceptors (Lipinski definition) is 3. The van der Waals surface area contributed by atoms with Gasteiger partial charge in [-0.2, -0.15) is 0 Å². The molecule has 2 aliphatic rings. The summed E-state index contributed by atoms with van der Waals surface area (Å²) in [6.45, 7) is 5.63. The molecule has 4 nitrogen and oxygen atoms in total. The van der Waals surface area contributed by atoms with Crippen molar-refractivity contribution in [3.05, 3.63) is 33.3 Å². The number of nitrogens with zero attached hydrogens (tertiary/aromatic N) is 1. The molecular weight excluding hydrogens is 476 g/mol. The van der Waals surface area contributed by atoms with Gasteiger partial charge >= 0.3 is 0 Å². The highest BCUT2D eigenvalue weighted by molar-refractivity contribution is 9.10. The van der Waals surface area contributed by atoms with Gasteiger partial charge in [-0.15, -0.1) is 0 Å². The fourth-order valence-corrected chi connectivity index (χ4v) is 5.74. The third-order valence-corrected chi connectivity index (χ3v) is 8.23. The third kappa shape index (κ3) is 7.73. The van der Waals surface area contributed by atoms with Crippen molar-refractivity contribution in [2.24, 2.45) is 11.8 Å². The molecule has 0 bridgehead atoms. The van der Waals surface area contributed by atoms with Crippen LogP contribution in [0.3, 0.4) is 0 Å². The van der Waals surface area contributed by atoms with Gasteiger partial charge in [0.1, 0.15) is 6.10 Å². The highest BCUT2D eigenvalue weighted by Gasteiger charge is 2.26. The first-order chi connectivity index (χ1) is 15.0. The summed E-state index contributed by atoms with van der Waals surface area (Å²) in [4.78, 5) is 14.9. The van der Waals surface area contributed by atoms with Crippen LogP contribution < -0.4 is 5.32 Å². The van der Waals surface area contributed by atoms with Crippen molar-refractivity contribution >= 4 is 33.4 Å². The van der Waals surface area contributed by atoms with Gasteiger partial charge in [-0.1, -0.05) is 34.5 Å². The van der Waals surface area contributed by atoms with E-state index in [-0.39, 0.29) is 12.0 Å². The maximum atomic E-state index is 12.2. The molecular formula is C25H38BrClN2O2. The van der Waals surface area contributed by atoms with Crippen LogP contribution in [0.15, 0.2) is 22.7 Å². The fourth-order valence-electron chi connectivity index (χ4n) is 5.14. The highest BCUT2D eigenvalue weighted by atomic mass is 79.9. The van der Waals surface area contributed by atoms with Crippen LogP contribution in [0, 0.1) is 11.8 Å². The molecule has 1 amide bonds. The smallest absolute Gasteiger partial charge is 0.249 e. The Morgan fingerprint density at radius 1 is 1.19 bits per heavy atom. The van der Waals surface area contributed by atoms with Gasteiger partial charge < -0.3 is 15.0 Å². The van der Waals surface area contributed by atoms with Gasteiger partial charge in [-0.05, 0) is 113 Å². The number of benzene rings is 1. The van der Waals surface area contributed by atoms with Gasteiger partial charge in [-0.25, -0.2) is 0 Å². The highest BCUT2D eigenvalue weighted by Crippen LogP contribution is 2.30. The number of carbonyl (C=O) groups is 1. The predicted octanol–water partition coefficient (Wildman–Crippen LogP) is 5.85. The lowest BCUT2D eigenvalue weighted by atomic mass is 9.83. The molecule has 1 N–H and O–H groups in total. The van der Waals surface area contributed by atoms with Crippen molar-refractivity contribution in [2.75, 3.05) is 26.7 Å². The Bertz CT molecular complexity index is 697. The fraction of sp³-hybridized carbons (Fsp3) is 0.720. The number of carbonyl (C=O) groups excluding carboxylic acids is 1. The molecule has 3 rings (SSSR count). The first-order valence-electron chi connectivity index (χ1n) is 12.0. The maximum Gasteiger partial charge on any atom is 0.249 e. The number of nitrogens with one attached hydrogen (secondary N) is 1. The summed E-state index contributed by atoms with van der Waals surface area (Å²) in [7, 11) is 1.61. The van der Waals surface area contributed by atoms with E-state index >= 15 is 0 Å². The Labute approximate surface area is 201 Å². The lowest BCUT2D eigenvalue weighted by molar-refractivity contribution is -0.132. The second-order valence-electron chi connectivity index (χ2n) is 9.37. The van der Waals surface area contributed by atoms with E-state index in [0.29, 0.717) is 6.04 Å². The van der Waals surface area contributed by atoms with Crippen molar-refractivity contribution in [1.82, 2.24) is 10.2 Å². The molecule has 1 aliphatic carbocycles. The van der Waals surface area contributed by atoms with Gasteiger partial charge in [0.05, 0.1) is 0 Å². The quantitative estimate of drug-likeness (QED) is 0.450. The van der Waals surface area contributed by atoms with E-state index in [0.717, 1.165) is 42.5 Å². The number of amides is 1. The Hall–Kier alpha value is -0.620. The molecule has 2 fully saturated rings. The van der Waals surface area contributed by atoms with Crippen molar-refractivity contribution in [1.29, 1.82) is 0 Å². The molecule has 1 saturated carbocycles. The number of methoxy groups -OCH3 is 1. The van der Waals surface area contributed by atoms with Gasteiger partial charge in [0.25, 0.3) is 0 Å². The number of halogens is 2. The first kappa shape index (κ1) is 25.0. The van der Waals surface area contributed by atoms with Crippen LogP contribution >= 0.6 is 27.5 Å². The van der Waals surface area contributed by atoms with Crippen molar-refractivity contribution < 1.29 is 9.53 Å². The number of likely N-dealkylation sites (tertiary alicyclic amines) is 1. The summed E-state index contributed by atoms with van der Waals surface area (Å²) in [6.07, 6.45) is 10.0. The zero-order valence-electron chi connectivity index (χ0n) is 19.0. The van der Waals surface area contributed by atoms with Gasteiger partial charge in [-0.3, -0.25) is 4.79 Å². The van der Waals surface area contributed by atoms with Crippen LogP contribution in [0.2, 0.25) is 5.02 Å². The number of rotatable bonds is 9. The Balaban J connectivity index is 1.32. The van der Waals surface area contributed by atoms with E-state index in [2.05, 4.69) is 38.3 Å². The average Bonchev–Trinajstić information content (AvgIpc) is 2.77. The Morgan fingerprint density at radius 3 is 2.55 bits per heavy atom. The summed E-state index contributed by atoms with van der Waals surface area (Å²) in [5, 5.41) is 4.02. The minimum atomic E-state index is -0.305. The van der Waals surface area contributed by atoms with E-state index in [4.69, 9.17) is 16.3 Å². The molecule has 0 spiro atoms. The van der Waals surface area contributed by atoms with Gasteiger partial charge in [0.2, 0.25) is 5.91 Å². The van der Waals surface area contributed by atoms with E-state index in [1.54, 1.807) is 7.11 Å². The van der Waals surface area contributed by atoms with Crippen LogP contribution in [0.5, 0.6) is 0 Å². The monoisotopic (exact) mass is 512 g/mol. The van der Waals surface area contributed by atoms with Gasteiger partial charge in [0, 0.05) is 22.6 Å². The molecule has 1 aliphatic heterocycles. The Morgan fingerprint density at radius 2 is 1.90 bits per heavy atom. The van der Waals surface area contributed by atoms with Crippen LogP contribution in [-0.2, 0) is 16.0 Å². The lowest BCUT2D eigenvalue weighted by Crippen LogP contribution is -2.43. The van der Waals surface area contributed by atoms with E-state index < -0.39 is 0 Å². The predicted molar refractivity (Wildman–Crippen MR) is 132 cm³/mol. The molecule has 1 heterocycles. The van der Waals surface area contributed by atoms with Crippen LogP contribution in [0.4, 0.5) is 0 Å². The zero-order valence-corrected chi connectivity index (χ0v) is 21.4. The maximum absolute atomic E-state index is 12.2. The van der Waals surface area contributed by atoms with Crippen molar-refractivity contribution in [3.8, 4) is 0 Å². The number of hydrogen-bond donors (Lipinski definition) is 1. The van der Waals surface area contributed by atoms with Crippen LogP contribution in [-0.4, -0.2) is 49.7 Å². The molecule has 174 valence electrons. The number of ether oxygens (including phenoxy) is 1. The summed E-state index contributed by atoms with van der Waals surface area (Å²) in [6, 6.07) is 6.44. The third-order valence-electron chi connectivity index (χ3n) is 7.22. The molecule has 1 aromatic rings. The molecule has 31 heavy (non-hydrogen) atoms. The molecule has 1 saturated heterocycles. The van der Waals surface area contributed by atoms with Crippen LogP contribution in [0.1, 0.15) is 63.9 Å². The average molecular weight is 514 g/mol. The largest absolute Gasteiger partial charge is 0.372 e. The SMILES string of the molecule is CCC(OC)C(=O)NC1CCC(CCN2CCC(Cc3cc(Cl)ccc3Br)CC2)CC1. The van der Waals surface area contributed by atoms with Crippen LogP contribution in [0.25, 0.3) is 0 Å². The topological polar surface area (TPSA) is 41.6 Å². The van der Waals surface area contributed by atoms with Gasteiger partial charge in [0.15, 0.2) is 0 Å². The molecule has 1 atom stereocenters. The lowest BCUT2D eigenvalue weighted by Gasteiger charge is -2.34. The normalized spacial score (nSPS) is 24.1. The van der Waals surface area contributed by atoms with E-state index in [1.165, 1.54) is 61.8 Å². The molecule has 0 aromatic heterocycles. The second kappa shape index (κ2) is 12.6. The first-order valence-corrected chi connectivity index (χ1v) is 13.1. The second-order valence-corrected chi connectivity index (χ2v) is 10.7. The Kier molecular flexibility index (Phi) is 10.1. The number of piperidine rings is 1. The van der Waals surface area contributed by atoms with E-state index in [1.807, 2.05) is 13.0 Å². The minimum absolute atomic E-state index is 0.0566. The summed E-state index contributed by atoms with van der Waals surface area (Å²) in [5.41, 5.74) is 1.34. The zero-order chi connectivity index (χ0) is 22.2. The minimum Gasteiger partial charge on any atom is -0.372 e. The summed E-state index contributed by atoms with van der Waals surface area (Å²) >= 11 is 9.85.